The number of aliphatic hydroxyl groups is 1. The zero-order chi connectivity index (χ0) is 16.3. The number of rotatable bonds is 5. The molecule has 3 aromatic rings. The lowest BCUT2D eigenvalue weighted by Gasteiger charge is -2.21. The fourth-order valence-electron chi connectivity index (χ4n) is 2.22. The fourth-order valence-corrected chi connectivity index (χ4v) is 2.22. The van der Waals surface area contributed by atoms with Crippen LogP contribution in [-0.2, 0) is 5.60 Å². The van der Waals surface area contributed by atoms with Gasteiger partial charge in [0, 0.05) is 29.7 Å². The van der Waals surface area contributed by atoms with Gasteiger partial charge in [0.05, 0.1) is 12.8 Å². The highest BCUT2D eigenvalue weighted by molar-refractivity contribution is 5.56. The number of aryl methyl sites for hydroxylation is 1. The lowest BCUT2D eigenvalue weighted by Crippen LogP contribution is -2.30. The molecule has 23 heavy (non-hydrogen) atoms. The number of hydrogen-bond donors (Lipinski definition) is 2. The highest BCUT2D eigenvalue weighted by atomic mass is 16.4. The minimum absolute atomic E-state index is 0.267. The molecule has 0 radical (unpaired) electrons. The van der Waals surface area contributed by atoms with Crippen LogP contribution < -0.4 is 5.32 Å². The maximum absolute atomic E-state index is 10.5. The molecule has 0 spiro atoms. The van der Waals surface area contributed by atoms with Crippen molar-refractivity contribution in [2.24, 2.45) is 0 Å². The summed E-state index contributed by atoms with van der Waals surface area (Å²) in [5, 5.41) is 13.6. The molecule has 3 aromatic heterocycles. The van der Waals surface area contributed by atoms with Gasteiger partial charge < -0.3 is 14.8 Å². The van der Waals surface area contributed by atoms with E-state index >= 15 is 0 Å². The van der Waals surface area contributed by atoms with Crippen LogP contribution >= 0.6 is 0 Å². The second-order valence-electron chi connectivity index (χ2n) is 5.56. The third-order valence-electron chi connectivity index (χ3n) is 3.44. The molecule has 0 amide bonds. The maximum Gasteiger partial charge on any atom is 0.163 e. The number of anilines is 1. The summed E-state index contributed by atoms with van der Waals surface area (Å²) in [6.07, 6.45) is 4.97. The number of furan rings is 1. The quantitative estimate of drug-likeness (QED) is 0.754. The van der Waals surface area contributed by atoms with Crippen LogP contribution in [0.1, 0.15) is 18.4 Å². The van der Waals surface area contributed by atoms with E-state index in [0.717, 1.165) is 11.3 Å². The summed E-state index contributed by atoms with van der Waals surface area (Å²) in [6.45, 7) is 3.86. The first kappa shape index (κ1) is 15.2. The Morgan fingerprint density at radius 3 is 2.83 bits per heavy atom. The lowest BCUT2D eigenvalue weighted by atomic mass is 10.0. The van der Waals surface area contributed by atoms with Crippen LogP contribution in [0.15, 0.2) is 53.4 Å². The van der Waals surface area contributed by atoms with Gasteiger partial charge in [0.2, 0.25) is 0 Å². The number of hydrogen-bond acceptors (Lipinski definition) is 6. The first-order valence-corrected chi connectivity index (χ1v) is 7.31. The molecule has 0 aromatic carbocycles. The predicted octanol–water partition coefficient (Wildman–Crippen LogP) is 2.76. The average Bonchev–Trinajstić information content (AvgIpc) is 3.09. The smallest absolute Gasteiger partial charge is 0.163 e. The highest BCUT2D eigenvalue weighted by Gasteiger charge is 2.26. The number of nitrogens with zero attached hydrogens (tertiary/aromatic N) is 3. The molecule has 0 bridgehead atoms. The van der Waals surface area contributed by atoms with Crippen LogP contribution in [0.25, 0.3) is 11.4 Å². The monoisotopic (exact) mass is 310 g/mol. The van der Waals surface area contributed by atoms with Crippen molar-refractivity contribution in [3.63, 3.8) is 0 Å². The van der Waals surface area contributed by atoms with E-state index in [0.29, 0.717) is 17.4 Å². The minimum Gasteiger partial charge on any atom is -0.466 e. The molecule has 0 saturated heterocycles. The van der Waals surface area contributed by atoms with Gasteiger partial charge in [-0.05, 0) is 38.1 Å². The van der Waals surface area contributed by atoms with Crippen molar-refractivity contribution >= 4 is 5.82 Å². The van der Waals surface area contributed by atoms with E-state index in [9.17, 15) is 5.11 Å². The van der Waals surface area contributed by atoms with E-state index in [1.807, 2.05) is 25.1 Å². The zero-order valence-corrected chi connectivity index (χ0v) is 13.0. The standard InChI is InChI=1S/C17H18N4O2/c1-12-9-15(19-11-17(2,22)14-6-4-8-23-14)21-16(20-12)13-5-3-7-18-10-13/h3-10,22H,11H2,1-2H3,(H,19,20,21). The van der Waals surface area contributed by atoms with Gasteiger partial charge in [-0.25, -0.2) is 9.97 Å². The van der Waals surface area contributed by atoms with E-state index in [1.165, 1.54) is 0 Å². The number of nitrogens with one attached hydrogen (secondary N) is 1. The molecule has 1 atom stereocenters. The molecular weight excluding hydrogens is 292 g/mol. The molecule has 0 fully saturated rings. The average molecular weight is 310 g/mol. The summed E-state index contributed by atoms with van der Waals surface area (Å²) in [5.41, 5.74) is 0.549. The van der Waals surface area contributed by atoms with Gasteiger partial charge in [0.25, 0.3) is 0 Å². The van der Waals surface area contributed by atoms with Crippen LogP contribution in [0.2, 0.25) is 0 Å². The van der Waals surface area contributed by atoms with E-state index in [1.54, 1.807) is 37.7 Å². The van der Waals surface area contributed by atoms with Crippen molar-refractivity contribution < 1.29 is 9.52 Å². The second-order valence-corrected chi connectivity index (χ2v) is 5.56. The van der Waals surface area contributed by atoms with Gasteiger partial charge in [0.15, 0.2) is 5.82 Å². The summed E-state index contributed by atoms with van der Waals surface area (Å²) in [6, 6.07) is 9.07. The summed E-state index contributed by atoms with van der Waals surface area (Å²) < 4.78 is 5.27. The van der Waals surface area contributed by atoms with Crippen LogP contribution in [0.5, 0.6) is 0 Å². The number of aromatic nitrogens is 3. The van der Waals surface area contributed by atoms with Crippen LogP contribution in [0, 0.1) is 6.92 Å². The Kier molecular flexibility index (Phi) is 4.08. The number of pyridine rings is 1. The Labute approximate surface area is 134 Å². The van der Waals surface area contributed by atoms with E-state index in [4.69, 9.17) is 4.42 Å². The fraction of sp³-hybridized carbons (Fsp3) is 0.235. The molecule has 0 aliphatic heterocycles. The Morgan fingerprint density at radius 1 is 1.26 bits per heavy atom. The molecule has 0 aliphatic carbocycles. The first-order valence-electron chi connectivity index (χ1n) is 7.31. The van der Waals surface area contributed by atoms with Crippen molar-refractivity contribution in [3.8, 4) is 11.4 Å². The Balaban J connectivity index is 1.80. The maximum atomic E-state index is 10.5. The molecule has 1 unspecified atom stereocenters. The third-order valence-corrected chi connectivity index (χ3v) is 3.44. The van der Waals surface area contributed by atoms with Gasteiger partial charge in [0.1, 0.15) is 17.2 Å². The molecule has 6 heteroatoms. The first-order chi connectivity index (χ1) is 11.0. The molecule has 0 saturated carbocycles. The summed E-state index contributed by atoms with van der Waals surface area (Å²) >= 11 is 0. The third kappa shape index (κ3) is 3.54. The molecular formula is C17H18N4O2. The van der Waals surface area contributed by atoms with Gasteiger partial charge in [-0.3, -0.25) is 4.98 Å². The Bertz CT molecular complexity index is 771. The van der Waals surface area contributed by atoms with Gasteiger partial charge in [-0.2, -0.15) is 0 Å². The van der Waals surface area contributed by atoms with Gasteiger partial charge >= 0.3 is 0 Å². The van der Waals surface area contributed by atoms with Crippen molar-refractivity contribution in [2.45, 2.75) is 19.4 Å². The van der Waals surface area contributed by atoms with Gasteiger partial charge in [-0.15, -0.1) is 0 Å². The van der Waals surface area contributed by atoms with Crippen molar-refractivity contribution in [1.29, 1.82) is 0 Å². The lowest BCUT2D eigenvalue weighted by molar-refractivity contribution is 0.0476. The Morgan fingerprint density at radius 2 is 2.13 bits per heavy atom. The van der Waals surface area contributed by atoms with Crippen LogP contribution in [0.4, 0.5) is 5.82 Å². The topological polar surface area (TPSA) is 84.1 Å². The van der Waals surface area contributed by atoms with Crippen LogP contribution in [-0.4, -0.2) is 26.6 Å². The minimum atomic E-state index is -1.13. The van der Waals surface area contributed by atoms with E-state index in [-0.39, 0.29) is 6.54 Å². The molecule has 118 valence electrons. The SMILES string of the molecule is Cc1cc(NCC(C)(O)c2ccco2)nc(-c2cccnc2)n1. The van der Waals surface area contributed by atoms with Gasteiger partial charge in [-0.1, -0.05) is 0 Å². The molecule has 6 nitrogen and oxygen atoms in total. The Hall–Kier alpha value is -2.73. The van der Waals surface area contributed by atoms with Crippen molar-refractivity contribution in [2.75, 3.05) is 11.9 Å². The normalized spacial score (nSPS) is 13.5. The van der Waals surface area contributed by atoms with Crippen molar-refractivity contribution in [1.82, 2.24) is 15.0 Å². The predicted molar refractivity (Wildman–Crippen MR) is 86.8 cm³/mol. The summed E-state index contributed by atoms with van der Waals surface area (Å²) in [4.78, 5) is 13.0. The second kappa shape index (κ2) is 6.18. The summed E-state index contributed by atoms with van der Waals surface area (Å²) in [5.74, 6) is 1.74. The van der Waals surface area contributed by atoms with Crippen molar-refractivity contribution in [3.05, 3.63) is 60.4 Å². The molecule has 3 heterocycles. The molecule has 3 rings (SSSR count). The zero-order valence-electron chi connectivity index (χ0n) is 13.0. The molecule has 2 N–H and O–H groups in total. The van der Waals surface area contributed by atoms with E-state index < -0.39 is 5.60 Å². The molecule has 0 aliphatic rings. The largest absolute Gasteiger partial charge is 0.466 e. The van der Waals surface area contributed by atoms with E-state index in [2.05, 4.69) is 20.3 Å². The summed E-state index contributed by atoms with van der Waals surface area (Å²) in [7, 11) is 0. The highest BCUT2D eigenvalue weighted by Crippen LogP contribution is 2.22. The van der Waals surface area contributed by atoms with Crippen LogP contribution in [0.3, 0.4) is 0 Å².